The molecule has 0 bridgehead atoms. The summed E-state index contributed by atoms with van der Waals surface area (Å²) in [6, 6.07) is 18.7. The maximum Gasteiger partial charge on any atom is 0.254 e. The van der Waals surface area contributed by atoms with Crippen LogP contribution in [0.3, 0.4) is 0 Å². The van der Waals surface area contributed by atoms with E-state index < -0.39 is 0 Å². The molecule has 0 aliphatic carbocycles. The third kappa shape index (κ3) is 5.60. The van der Waals surface area contributed by atoms with Crippen molar-refractivity contribution in [3.8, 4) is 11.5 Å². The zero-order valence-electron chi connectivity index (χ0n) is 19.6. The van der Waals surface area contributed by atoms with E-state index in [9.17, 15) is 9.59 Å². The summed E-state index contributed by atoms with van der Waals surface area (Å²) in [5, 5.41) is 0. The van der Waals surface area contributed by atoms with Crippen LogP contribution >= 0.6 is 0 Å². The Balaban J connectivity index is 1.51. The molecule has 2 aromatic carbocycles. The topological polar surface area (TPSA) is 72.2 Å². The average Bonchev–Trinajstić information content (AvgIpc) is 3.56. The summed E-state index contributed by atoms with van der Waals surface area (Å²) in [6.07, 6.45) is 3.04. The fourth-order valence-corrected chi connectivity index (χ4v) is 3.88. The number of amides is 2. The first kappa shape index (κ1) is 23.4. The Morgan fingerprint density at radius 3 is 2.53 bits per heavy atom. The fourth-order valence-electron chi connectivity index (χ4n) is 3.88. The highest BCUT2D eigenvalue weighted by atomic mass is 16.7. The van der Waals surface area contributed by atoms with Crippen molar-refractivity contribution in [3.63, 3.8) is 0 Å². The van der Waals surface area contributed by atoms with E-state index in [0.29, 0.717) is 42.3 Å². The highest BCUT2D eigenvalue weighted by Crippen LogP contribution is 2.33. The summed E-state index contributed by atoms with van der Waals surface area (Å²) >= 11 is 0. The fraction of sp³-hybridized carbons (Fsp3) is 0.333. The van der Waals surface area contributed by atoms with Crippen molar-refractivity contribution in [2.24, 2.45) is 0 Å². The average molecular weight is 463 g/mol. The molecule has 1 unspecified atom stereocenters. The molecule has 178 valence electrons. The van der Waals surface area contributed by atoms with Gasteiger partial charge in [0.15, 0.2) is 11.5 Å². The Hall–Kier alpha value is -3.74. The van der Waals surface area contributed by atoms with Gasteiger partial charge in [0.1, 0.15) is 12.3 Å². The predicted molar refractivity (Wildman–Crippen MR) is 128 cm³/mol. The van der Waals surface area contributed by atoms with Crippen LogP contribution in [0.1, 0.15) is 41.9 Å². The van der Waals surface area contributed by atoms with E-state index in [0.717, 1.165) is 12.0 Å². The van der Waals surface area contributed by atoms with E-state index in [1.54, 1.807) is 34.3 Å². The lowest BCUT2D eigenvalue weighted by molar-refractivity contribution is -0.133. The zero-order valence-corrected chi connectivity index (χ0v) is 19.6. The lowest BCUT2D eigenvalue weighted by Gasteiger charge is -2.31. The Labute approximate surface area is 199 Å². The molecule has 0 saturated heterocycles. The summed E-state index contributed by atoms with van der Waals surface area (Å²) in [5.74, 6) is 1.54. The van der Waals surface area contributed by atoms with Crippen molar-refractivity contribution in [3.05, 3.63) is 83.8 Å². The number of furan rings is 1. The quantitative estimate of drug-likeness (QED) is 0.443. The second-order valence-electron chi connectivity index (χ2n) is 8.39. The summed E-state index contributed by atoms with van der Waals surface area (Å²) in [7, 11) is 0. The van der Waals surface area contributed by atoms with E-state index in [1.165, 1.54) is 0 Å². The number of carbonyl (C=O) groups excluding carboxylic acids is 2. The highest BCUT2D eigenvalue weighted by Gasteiger charge is 2.27. The molecule has 0 spiro atoms. The highest BCUT2D eigenvalue weighted by molar-refractivity contribution is 5.97. The SMILES string of the molecule is CCC(C)N(CC(=O)N(CCc1ccccc1)Cc1ccco1)C(=O)c1ccc2c(c1)OCO2. The van der Waals surface area contributed by atoms with E-state index in [-0.39, 0.29) is 31.2 Å². The molecule has 0 fully saturated rings. The first-order valence-electron chi connectivity index (χ1n) is 11.6. The van der Waals surface area contributed by atoms with Gasteiger partial charge in [0.05, 0.1) is 12.8 Å². The first-order valence-corrected chi connectivity index (χ1v) is 11.6. The van der Waals surface area contributed by atoms with Gasteiger partial charge in [-0.1, -0.05) is 37.3 Å². The molecule has 0 radical (unpaired) electrons. The summed E-state index contributed by atoms with van der Waals surface area (Å²) in [4.78, 5) is 30.3. The third-order valence-electron chi connectivity index (χ3n) is 6.10. The Kier molecular flexibility index (Phi) is 7.52. The van der Waals surface area contributed by atoms with E-state index >= 15 is 0 Å². The van der Waals surface area contributed by atoms with Crippen molar-refractivity contribution < 1.29 is 23.5 Å². The monoisotopic (exact) mass is 462 g/mol. The number of ether oxygens (including phenoxy) is 2. The maximum atomic E-state index is 13.5. The van der Waals surface area contributed by atoms with Crippen molar-refractivity contribution in [2.45, 2.75) is 39.3 Å². The minimum absolute atomic E-state index is 0.0161. The molecule has 2 heterocycles. The van der Waals surface area contributed by atoms with Crippen LogP contribution in [0.4, 0.5) is 0 Å². The van der Waals surface area contributed by atoms with Crippen LogP contribution in [0.15, 0.2) is 71.3 Å². The van der Waals surface area contributed by atoms with Gasteiger partial charge < -0.3 is 23.7 Å². The van der Waals surface area contributed by atoms with Gasteiger partial charge in [-0.25, -0.2) is 0 Å². The summed E-state index contributed by atoms with van der Waals surface area (Å²) in [6.45, 7) is 4.97. The molecule has 0 N–H and O–H groups in total. The summed E-state index contributed by atoms with van der Waals surface area (Å²) in [5.41, 5.74) is 1.62. The largest absolute Gasteiger partial charge is 0.467 e. The van der Waals surface area contributed by atoms with E-state index in [4.69, 9.17) is 13.9 Å². The Morgan fingerprint density at radius 2 is 1.79 bits per heavy atom. The second kappa shape index (κ2) is 10.9. The molecule has 1 aliphatic rings. The van der Waals surface area contributed by atoms with Crippen LogP contribution < -0.4 is 9.47 Å². The second-order valence-corrected chi connectivity index (χ2v) is 8.39. The summed E-state index contributed by atoms with van der Waals surface area (Å²) < 4.78 is 16.3. The maximum absolute atomic E-state index is 13.5. The normalized spacial score (nSPS) is 12.9. The minimum atomic E-state index is -0.206. The number of hydrogen-bond acceptors (Lipinski definition) is 5. The van der Waals surface area contributed by atoms with Crippen LogP contribution in [0, 0.1) is 0 Å². The van der Waals surface area contributed by atoms with Gasteiger partial charge in [-0.05, 0) is 55.7 Å². The van der Waals surface area contributed by atoms with Crippen molar-refractivity contribution >= 4 is 11.8 Å². The van der Waals surface area contributed by atoms with Crippen molar-refractivity contribution in [1.29, 1.82) is 0 Å². The number of nitrogens with zero attached hydrogens (tertiary/aromatic N) is 2. The van der Waals surface area contributed by atoms with E-state index in [2.05, 4.69) is 0 Å². The van der Waals surface area contributed by atoms with Gasteiger partial charge in [-0.15, -0.1) is 0 Å². The van der Waals surface area contributed by atoms with Gasteiger partial charge in [-0.3, -0.25) is 9.59 Å². The molecule has 4 rings (SSSR count). The van der Waals surface area contributed by atoms with Gasteiger partial charge in [0.2, 0.25) is 12.7 Å². The van der Waals surface area contributed by atoms with Crippen LogP contribution in [0.2, 0.25) is 0 Å². The lowest BCUT2D eigenvalue weighted by atomic mass is 10.1. The zero-order chi connectivity index (χ0) is 23.9. The smallest absolute Gasteiger partial charge is 0.254 e. The minimum Gasteiger partial charge on any atom is -0.467 e. The Bertz CT molecular complexity index is 1100. The van der Waals surface area contributed by atoms with E-state index in [1.807, 2.05) is 56.3 Å². The molecule has 2 amide bonds. The van der Waals surface area contributed by atoms with Gasteiger partial charge in [-0.2, -0.15) is 0 Å². The number of benzene rings is 2. The molecule has 34 heavy (non-hydrogen) atoms. The molecular formula is C27H30N2O5. The van der Waals surface area contributed by atoms with Crippen molar-refractivity contribution in [1.82, 2.24) is 9.80 Å². The number of fused-ring (bicyclic) bond motifs is 1. The van der Waals surface area contributed by atoms with Gasteiger partial charge in [0, 0.05) is 18.2 Å². The van der Waals surface area contributed by atoms with Crippen LogP contribution in [0.25, 0.3) is 0 Å². The van der Waals surface area contributed by atoms with Crippen LogP contribution in [0.5, 0.6) is 11.5 Å². The standard InChI is InChI=1S/C27H30N2O5/c1-3-20(2)29(27(31)22-11-12-24-25(16-22)34-19-33-24)18-26(30)28(17-23-10-7-15-32-23)14-13-21-8-5-4-6-9-21/h4-12,15-16,20H,3,13-14,17-19H2,1-2H3. The third-order valence-corrected chi connectivity index (χ3v) is 6.10. The number of rotatable bonds is 10. The van der Waals surface area contributed by atoms with Gasteiger partial charge >= 0.3 is 0 Å². The molecular weight excluding hydrogens is 432 g/mol. The molecule has 1 aromatic heterocycles. The predicted octanol–water partition coefficient (Wildman–Crippen LogP) is 4.52. The molecule has 7 nitrogen and oxygen atoms in total. The number of carbonyl (C=O) groups is 2. The number of hydrogen-bond donors (Lipinski definition) is 0. The first-order chi connectivity index (χ1) is 16.5. The molecule has 0 saturated carbocycles. The van der Waals surface area contributed by atoms with Crippen LogP contribution in [-0.2, 0) is 17.8 Å². The lowest BCUT2D eigenvalue weighted by Crippen LogP contribution is -2.46. The van der Waals surface area contributed by atoms with Crippen LogP contribution in [-0.4, -0.2) is 47.5 Å². The molecule has 1 aliphatic heterocycles. The molecule has 3 aromatic rings. The van der Waals surface area contributed by atoms with Crippen molar-refractivity contribution in [2.75, 3.05) is 19.9 Å². The Morgan fingerprint density at radius 1 is 1.00 bits per heavy atom. The molecule has 7 heteroatoms. The van der Waals surface area contributed by atoms with Gasteiger partial charge in [0.25, 0.3) is 5.91 Å². The molecule has 1 atom stereocenters.